The molecule has 0 spiro atoms. The van der Waals surface area contributed by atoms with Crippen LogP contribution in [0.4, 0.5) is 0 Å². The summed E-state index contributed by atoms with van der Waals surface area (Å²) < 4.78 is 5.55. The number of benzene rings is 1. The molecule has 0 aliphatic carbocycles. The minimum atomic E-state index is -0.0438. The first-order valence-electron chi connectivity index (χ1n) is 5.51. The van der Waals surface area contributed by atoms with Crippen molar-refractivity contribution in [3.63, 3.8) is 0 Å². The Morgan fingerprint density at radius 1 is 1.32 bits per heavy atom. The fourth-order valence-electron chi connectivity index (χ4n) is 1.44. The van der Waals surface area contributed by atoms with Crippen molar-refractivity contribution in [1.29, 1.82) is 0 Å². The van der Waals surface area contributed by atoms with Gasteiger partial charge in [0.1, 0.15) is 18.1 Å². The number of hydrogen-bond acceptors (Lipinski definition) is 4. The van der Waals surface area contributed by atoms with E-state index in [1.54, 1.807) is 18.2 Å². The van der Waals surface area contributed by atoms with E-state index in [2.05, 4.69) is 10.1 Å². The largest absolute Gasteiger partial charge is 0.487 e. The Labute approximate surface area is 115 Å². The zero-order valence-corrected chi connectivity index (χ0v) is 10.7. The number of amidine groups is 1. The molecule has 0 radical (unpaired) electrons. The molecule has 0 aliphatic heterocycles. The van der Waals surface area contributed by atoms with E-state index in [4.69, 9.17) is 27.3 Å². The zero-order chi connectivity index (χ0) is 13.7. The van der Waals surface area contributed by atoms with Crippen molar-refractivity contribution in [2.24, 2.45) is 10.9 Å². The van der Waals surface area contributed by atoms with Crippen molar-refractivity contribution in [3.05, 3.63) is 58.9 Å². The Bertz CT molecular complexity index is 585. The van der Waals surface area contributed by atoms with Crippen molar-refractivity contribution >= 4 is 17.4 Å². The van der Waals surface area contributed by atoms with Gasteiger partial charge in [-0.05, 0) is 18.2 Å². The third-order valence-corrected chi connectivity index (χ3v) is 2.83. The Balaban J connectivity index is 2.03. The molecule has 2 aromatic rings. The average molecular weight is 278 g/mol. The summed E-state index contributed by atoms with van der Waals surface area (Å²) in [6, 6.07) is 10.7. The van der Waals surface area contributed by atoms with Crippen molar-refractivity contribution in [2.45, 2.75) is 6.61 Å². The Kier molecular flexibility index (Phi) is 4.20. The van der Waals surface area contributed by atoms with Gasteiger partial charge >= 0.3 is 0 Å². The van der Waals surface area contributed by atoms with Gasteiger partial charge in [0.15, 0.2) is 5.84 Å². The predicted molar refractivity (Wildman–Crippen MR) is 72.5 cm³/mol. The maximum atomic E-state index is 8.52. The van der Waals surface area contributed by atoms with E-state index in [0.29, 0.717) is 23.1 Å². The van der Waals surface area contributed by atoms with E-state index in [1.807, 2.05) is 18.2 Å². The third kappa shape index (κ3) is 3.35. The molecular weight excluding hydrogens is 266 g/mol. The van der Waals surface area contributed by atoms with Crippen LogP contribution in [0.25, 0.3) is 0 Å². The maximum Gasteiger partial charge on any atom is 0.188 e. The number of oxime groups is 1. The van der Waals surface area contributed by atoms with Crippen LogP contribution in [-0.2, 0) is 6.61 Å². The smallest absolute Gasteiger partial charge is 0.188 e. The fraction of sp³-hybridized carbons (Fsp3) is 0.0769. The summed E-state index contributed by atoms with van der Waals surface area (Å²) in [6.45, 7) is 0.351. The number of halogens is 1. The summed E-state index contributed by atoms with van der Waals surface area (Å²) in [7, 11) is 0. The average Bonchev–Trinajstić information content (AvgIpc) is 2.46. The number of aromatic nitrogens is 1. The van der Waals surface area contributed by atoms with E-state index in [-0.39, 0.29) is 5.84 Å². The lowest BCUT2D eigenvalue weighted by molar-refractivity contribution is 0.305. The minimum absolute atomic E-state index is 0.0438. The molecular formula is C13H12ClN3O2. The van der Waals surface area contributed by atoms with Crippen LogP contribution in [0.2, 0.25) is 5.02 Å². The number of pyridine rings is 1. The molecule has 0 fully saturated rings. The van der Waals surface area contributed by atoms with Gasteiger partial charge in [-0.15, -0.1) is 0 Å². The highest BCUT2D eigenvalue weighted by molar-refractivity contribution is 6.31. The number of rotatable bonds is 4. The van der Waals surface area contributed by atoms with Crippen LogP contribution in [0.3, 0.4) is 0 Å². The standard InChI is InChI=1S/C13H12ClN3O2/c14-11-4-2-1-3-9(11)8-19-10-5-6-12(16-7-10)13(15)17-18/h1-7,18H,8H2,(H2,15,17). The van der Waals surface area contributed by atoms with E-state index < -0.39 is 0 Å². The summed E-state index contributed by atoms with van der Waals surface area (Å²) >= 11 is 6.02. The van der Waals surface area contributed by atoms with Crippen molar-refractivity contribution in [3.8, 4) is 5.75 Å². The molecule has 98 valence electrons. The van der Waals surface area contributed by atoms with Crippen molar-refractivity contribution < 1.29 is 9.94 Å². The van der Waals surface area contributed by atoms with Gasteiger partial charge in [-0.2, -0.15) is 0 Å². The number of nitrogens with zero attached hydrogens (tertiary/aromatic N) is 2. The SMILES string of the molecule is N/C(=N/O)c1ccc(OCc2ccccc2Cl)cn1. The number of ether oxygens (including phenoxy) is 1. The summed E-state index contributed by atoms with van der Waals surface area (Å²) in [5.74, 6) is 0.534. The van der Waals surface area contributed by atoms with Gasteiger partial charge < -0.3 is 15.7 Å². The molecule has 0 aliphatic rings. The molecule has 1 aromatic heterocycles. The highest BCUT2D eigenvalue weighted by Gasteiger charge is 2.03. The Hall–Kier alpha value is -2.27. The number of nitrogens with two attached hydrogens (primary N) is 1. The molecule has 19 heavy (non-hydrogen) atoms. The molecule has 0 atom stereocenters. The van der Waals surface area contributed by atoms with Crippen LogP contribution >= 0.6 is 11.6 Å². The highest BCUT2D eigenvalue weighted by atomic mass is 35.5. The number of hydrogen-bond donors (Lipinski definition) is 2. The first-order valence-corrected chi connectivity index (χ1v) is 5.88. The highest BCUT2D eigenvalue weighted by Crippen LogP contribution is 2.18. The molecule has 0 saturated carbocycles. The zero-order valence-electron chi connectivity index (χ0n) is 9.95. The monoisotopic (exact) mass is 277 g/mol. The summed E-state index contributed by atoms with van der Waals surface area (Å²) in [4.78, 5) is 4.01. The first kappa shape index (κ1) is 13.2. The third-order valence-electron chi connectivity index (χ3n) is 2.46. The van der Waals surface area contributed by atoms with Gasteiger partial charge in [0.25, 0.3) is 0 Å². The van der Waals surface area contributed by atoms with E-state index in [9.17, 15) is 0 Å². The normalized spacial score (nSPS) is 11.3. The van der Waals surface area contributed by atoms with Crippen LogP contribution in [-0.4, -0.2) is 16.0 Å². The molecule has 0 bridgehead atoms. The Morgan fingerprint density at radius 3 is 2.74 bits per heavy atom. The van der Waals surface area contributed by atoms with E-state index >= 15 is 0 Å². The summed E-state index contributed by atoms with van der Waals surface area (Å²) in [5.41, 5.74) is 6.68. The van der Waals surface area contributed by atoms with Crippen LogP contribution in [0.15, 0.2) is 47.8 Å². The summed E-state index contributed by atoms with van der Waals surface area (Å²) in [5, 5.41) is 12.0. The minimum Gasteiger partial charge on any atom is -0.487 e. The molecule has 6 heteroatoms. The lowest BCUT2D eigenvalue weighted by atomic mass is 10.2. The van der Waals surface area contributed by atoms with Gasteiger partial charge in [-0.3, -0.25) is 0 Å². The van der Waals surface area contributed by atoms with Crippen LogP contribution in [0, 0.1) is 0 Å². The van der Waals surface area contributed by atoms with Crippen molar-refractivity contribution in [2.75, 3.05) is 0 Å². The van der Waals surface area contributed by atoms with Gasteiger partial charge in [-0.1, -0.05) is 35.0 Å². The van der Waals surface area contributed by atoms with Gasteiger partial charge in [0, 0.05) is 10.6 Å². The second-order valence-electron chi connectivity index (χ2n) is 3.74. The van der Waals surface area contributed by atoms with Crippen LogP contribution in [0.1, 0.15) is 11.3 Å². The second-order valence-corrected chi connectivity index (χ2v) is 4.15. The maximum absolute atomic E-state index is 8.52. The van der Waals surface area contributed by atoms with Gasteiger partial charge in [-0.25, -0.2) is 4.98 Å². The van der Waals surface area contributed by atoms with E-state index in [0.717, 1.165) is 5.56 Å². The fourth-order valence-corrected chi connectivity index (χ4v) is 1.64. The summed E-state index contributed by atoms with van der Waals surface area (Å²) in [6.07, 6.45) is 1.50. The van der Waals surface area contributed by atoms with Crippen LogP contribution in [0.5, 0.6) is 5.75 Å². The molecule has 5 nitrogen and oxygen atoms in total. The van der Waals surface area contributed by atoms with Crippen LogP contribution < -0.4 is 10.5 Å². The molecule has 1 aromatic carbocycles. The Morgan fingerprint density at radius 2 is 2.11 bits per heavy atom. The first-order chi connectivity index (χ1) is 9.20. The lowest BCUT2D eigenvalue weighted by Gasteiger charge is -2.07. The molecule has 3 N–H and O–H groups in total. The lowest BCUT2D eigenvalue weighted by Crippen LogP contribution is -2.14. The predicted octanol–water partition coefficient (Wildman–Crippen LogP) is 2.41. The van der Waals surface area contributed by atoms with Gasteiger partial charge in [0.2, 0.25) is 0 Å². The topological polar surface area (TPSA) is 80.7 Å². The molecule has 1 heterocycles. The molecule has 2 rings (SSSR count). The van der Waals surface area contributed by atoms with E-state index in [1.165, 1.54) is 6.20 Å². The molecule has 0 saturated heterocycles. The van der Waals surface area contributed by atoms with Crippen molar-refractivity contribution in [1.82, 2.24) is 4.98 Å². The quantitative estimate of drug-likeness (QED) is 0.389. The second kappa shape index (κ2) is 6.06. The van der Waals surface area contributed by atoms with Gasteiger partial charge in [0.05, 0.1) is 6.20 Å². The molecule has 0 amide bonds. The molecule has 0 unspecified atom stereocenters.